The molecular formula is C17H22N4O3. The second kappa shape index (κ2) is 6.70. The summed E-state index contributed by atoms with van der Waals surface area (Å²) in [4.78, 5) is 37.5. The van der Waals surface area contributed by atoms with E-state index >= 15 is 0 Å². The lowest BCUT2D eigenvalue weighted by Gasteiger charge is -2.29. The van der Waals surface area contributed by atoms with Crippen molar-refractivity contribution in [2.45, 2.75) is 44.9 Å². The van der Waals surface area contributed by atoms with E-state index in [1.165, 1.54) is 0 Å². The molecule has 3 rings (SSSR count). The van der Waals surface area contributed by atoms with E-state index in [9.17, 15) is 14.4 Å². The molecule has 3 amide bonds. The van der Waals surface area contributed by atoms with Crippen molar-refractivity contribution in [3.05, 3.63) is 34.9 Å². The lowest BCUT2D eigenvalue weighted by atomic mass is 10.0. The Balaban J connectivity index is 1.73. The van der Waals surface area contributed by atoms with Crippen LogP contribution in [0.5, 0.6) is 0 Å². The third kappa shape index (κ3) is 3.18. The molecule has 2 aliphatic rings. The van der Waals surface area contributed by atoms with Crippen LogP contribution in [-0.4, -0.2) is 41.2 Å². The first-order valence-corrected chi connectivity index (χ1v) is 8.19. The van der Waals surface area contributed by atoms with Crippen molar-refractivity contribution in [2.24, 2.45) is 5.73 Å². The first-order valence-electron chi connectivity index (χ1n) is 8.19. The molecule has 1 fully saturated rings. The van der Waals surface area contributed by atoms with E-state index in [4.69, 9.17) is 5.73 Å². The number of fused-ring (bicyclic) bond motifs is 1. The van der Waals surface area contributed by atoms with Gasteiger partial charge in [0, 0.05) is 37.7 Å². The van der Waals surface area contributed by atoms with Crippen LogP contribution in [0.2, 0.25) is 0 Å². The Labute approximate surface area is 140 Å². The molecule has 1 saturated heterocycles. The minimum atomic E-state index is -0.568. The first kappa shape index (κ1) is 16.6. The number of carbonyl (C=O) groups excluding carboxylic acids is 3. The van der Waals surface area contributed by atoms with Crippen molar-refractivity contribution in [2.75, 3.05) is 6.54 Å². The van der Waals surface area contributed by atoms with Gasteiger partial charge in [-0.1, -0.05) is 12.1 Å². The van der Waals surface area contributed by atoms with E-state index in [0.717, 1.165) is 11.1 Å². The molecule has 1 unspecified atom stereocenters. The Morgan fingerprint density at radius 2 is 2.17 bits per heavy atom. The van der Waals surface area contributed by atoms with Crippen molar-refractivity contribution in [3.63, 3.8) is 0 Å². The van der Waals surface area contributed by atoms with Gasteiger partial charge in [-0.15, -0.1) is 0 Å². The van der Waals surface area contributed by atoms with E-state index in [1.54, 1.807) is 4.90 Å². The Morgan fingerprint density at radius 3 is 2.88 bits per heavy atom. The fourth-order valence-corrected chi connectivity index (χ4v) is 3.09. The van der Waals surface area contributed by atoms with Crippen LogP contribution in [0.3, 0.4) is 0 Å². The van der Waals surface area contributed by atoms with Crippen LogP contribution in [0, 0.1) is 0 Å². The van der Waals surface area contributed by atoms with Crippen LogP contribution < -0.4 is 16.4 Å². The number of hydrogen-bond acceptors (Lipinski definition) is 5. The fourth-order valence-electron chi connectivity index (χ4n) is 3.09. The summed E-state index contributed by atoms with van der Waals surface area (Å²) in [6.45, 7) is 3.60. The molecule has 2 atom stereocenters. The van der Waals surface area contributed by atoms with Crippen molar-refractivity contribution < 1.29 is 14.4 Å². The van der Waals surface area contributed by atoms with Crippen LogP contribution in [-0.2, 0) is 22.7 Å². The largest absolute Gasteiger partial charge is 0.329 e. The van der Waals surface area contributed by atoms with Crippen LogP contribution >= 0.6 is 0 Å². The number of nitrogens with zero attached hydrogens (tertiary/aromatic N) is 1. The number of imide groups is 1. The Hall–Kier alpha value is -2.25. The quantitative estimate of drug-likeness (QED) is 0.653. The lowest BCUT2D eigenvalue weighted by molar-refractivity contribution is -0.136. The van der Waals surface area contributed by atoms with Gasteiger partial charge < -0.3 is 16.0 Å². The average Bonchev–Trinajstić information content (AvgIpc) is 2.89. The maximum absolute atomic E-state index is 12.7. The summed E-state index contributed by atoms with van der Waals surface area (Å²) < 4.78 is 0. The van der Waals surface area contributed by atoms with Gasteiger partial charge in [-0.05, 0) is 30.5 Å². The number of amides is 3. The monoisotopic (exact) mass is 330 g/mol. The van der Waals surface area contributed by atoms with Crippen molar-refractivity contribution >= 4 is 17.7 Å². The smallest absolute Gasteiger partial charge is 0.255 e. The first-order chi connectivity index (χ1) is 11.5. The summed E-state index contributed by atoms with van der Waals surface area (Å²) in [6.07, 6.45) is 0.648. The molecule has 1 aromatic carbocycles. The molecule has 4 N–H and O–H groups in total. The third-order valence-electron chi connectivity index (χ3n) is 4.60. The highest BCUT2D eigenvalue weighted by Crippen LogP contribution is 2.28. The number of nitrogens with two attached hydrogens (primary N) is 1. The topological polar surface area (TPSA) is 105 Å². The molecule has 0 bridgehead atoms. The van der Waals surface area contributed by atoms with Gasteiger partial charge in [0.05, 0.1) is 0 Å². The number of rotatable bonds is 5. The van der Waals surface area contributed by atoms with Gasteiger partial charge >= 0.3 is 0 Å². The molecule has 2 heterocycles. The van der Waals surface area contributed by atoms with Gasteiger partial charge in [-0.25, -0.2) is 0 Å². The Kier molecular flexibility index (Phi) is 4.64. The van der Waals surface area contributed by atoms with Gasteiger partial charge in [-0.3, -0.25) is 19.7 Å². The molecule has 0 spiro atoms. The summed E-state index contributed by atoms with van der Waals surface area (Å²) in [5, 5.41) is 5.60. The van der Waals surface area contributed by atoms with Crippen LogP contribution in [0.1, 0.15) is 41.3 Å². The van der Waals surface area contributed by atoms with Gasteiger partial charge in [0.1, 0.15) is 6.04 Å². The number of benzene rings is 1. The predicted octanol–water partition coefficient (Wildman–Crippen LogP) is -0.116. The van der Waals surface area contributed by atoms with Crippen molar-refractivity contribution in [3.8, 4) is 0 Å². The zero-order valence-electron chi connectivity index (χ0n) is 13.7. The molecule has 0 saturated carbocycles. The maximum Gasteiger partial charge on any atom is 0.255 e. The zero-order valence-corrected chi connectivity index (χ0v) is 13.7. The van der Waals surface area contributed by atoms with Crippen LogP contribution in [0.25, 0.3) is 0 Å². The molecule has 24 heavy (non-hydrogen) atoms. The highest BCUT2D eigenvalue weighted by Gasteiger charge is 2.38. The third-order valence-corrected chi connectivity index (χ3v) is 4.60. The van der Waals surface area contributed by atoms with Crippen molar-refractivity contribution in [1.82, 2.24) is 15.5 Å². The molecule has 2 aliphatic heterocycles. The van der Waals surface area contributed by atoms with Gasteiger partial charge in [0.2, 0.25) is 11.8 Å². The summed E-state index contributed by atoms with van der Waals surface area (Å²) in [5.41, 5.74) is 8.15. The maximum atomic E-state index is 12.7. The number of hydrogen-bond donors (Lipinski definition) is 3. The molecule has 0 aliphatic carbocycles. The van der Waals surface area contributed by atoms with E-state index < -0.39 is 6.04 Å². The SMILES string of the molecule is C[C@H](CN)NCc1ccc2c(c1)C(=O)N(C1CCC(=O)NC1=O)C2. The molecule has 7 heteroatoms. The number of nitrogens with one attached hydrogen (secondary N) is 2. The van der Waals surface area contributed by atoms with Gasteiger partial charge in [0.25, 0.3) is 5.91 Å². The second-order valence-electron chi connectivity index (χ2n) is 6.41. The van der Waals surface area contributed by atoms with Gasteiger partial charge in [-0.2, -0.15) is 0 Å². The Morgan fingerprint density at radius 1 is 1.38 bits per heavy atom. The summed E-state index contributed by atoms with van der Waals surface area (Å²) in [6, 6.07) is 5.43. The normalized spacial score (nSPS) is 21.7. The highest BCUT2D eigenvalue weighted by atomic mass is 16.2. The minimum Gasteiger partial charge on any atom is -0.329 e. The van der Waals surface area contributed by atoms with Gasteiger partial charge in [0.15, 0.2) is 0 Å². The Bertz CT molecular complexity index is 688. The van der Waals surface area contributed by atoms with Crippen molar-refractivity contribution in [1.29, 1.82) is 0 Å². The average molecular weight is 330 g/mol. The molecule has 7 nitrogen and oxygen atoms in total. The number of carbonyl (C=O) groups is 3. The highest BCUT2D eigenvalue weighted by molar-refractivity contribution is 6.05. The van der Waals surface area contributed by atoms with E-state index in [-0.39, 0.29) is 30.2 Å². The van der Waals surface area contributed by atoms with E-state index in [0.29, 0.717) is 31.6 Å². The molecule has 1 aromatic rings. The minimum absolute atomic E-state index is 0.145. The summed E-state index contributed by atoms with van der Waals surface area (Å²) in [7, 11) is 0. The molecule has 0 aromatic heterocycles. The second-order valence-corrected chi connectivity index (χ2v) is 6.41. The molecular weight excluding hydrogens is 308 g/mol. The fraction of sp³-hybridized carbons (Fsp3) is 0.471. The predicted molar refractivity (Wildman–Crippen MR) is 87.8 cm³/mol. The van der Waals surface area contributed by atoms with Crippen LogP contribution in [0.4, 0.5) is 0 Å². The molecule has 128 valence electrons. The van der Waals surface area contributed by atoms with Crippen LogP contribution in [0.15, 0.2) is 18.2 Å². The lowest BCUT2D eigenvalue weighted by Crippen LogP contribution is -2.52. The van der Waals surface area contributed by atoms with E-state index in [2.05, 4.69) is 10.6 Å². The standard InChI is InChI=1S/C17H22N4O3/c1-10(7-18)19-8-11-2-3-12-9-21(17(24)13(12)6-11)14-4-5-15(22)20-16(14)23/h2-3,6,10,14,19H,4-5,7-9,18H2,1H3,(H,20,22,23)/t10-,14?/m1/s1. The molecule has 0 radical (unpaired) electrons. The van der Waals surface area contributed by atoms with E-state index in [1.807, 2.05) is 25.1 Å². The zero-order chi connectivity index (χ0) is 17.3. The summed E-state index contributed by atoms with van der Waals surface area (Å²) >= 11 is 0. The summed E-state index contributed by atoms with van der Waals surface area (Å²) in [5.74, 6) is -0.804. The number of piperidine rings is 1.